The Morgan fingerprint density at radius 1 is 1.22 bits per heavy atom. The number of halogens is 1. The summed E-state index contributed by atoms with van der Waals surface area (Å²) in [5.41, 5.74) is 0. The maximum atomic E-state index is 8.52. The van der Waals surface area contributed by atoms with Gasteiger partial charge in [0.05, 0.1) is 6.07 Å². The standard InChI is InChI=1S/C7H10IN/c8-7-3-1-6(5-9)2-4-7/h6-7H,1-4H2/t6-,7-. The molecule has 0 atom stereocenters. The number of hydrogen-bond donors (Lipinski definition) is 0. The third kappa shape index (κ3) is 2.13. The fourth-order valence-electron chi connectivity index (χ4n) is 1.18. The van der Waals surface area contributed by atoms with E-state index in [0.717, 1.165) is 16.8 Å². The third-order valence-corrected chi connectivity index (χ3v) is 3.08. The van der Waals surface area contributed by atoms with Gasteiger partial charge in [-0.05, 0) is 25.7 Å². The van der Waals surface area contributed by atoms with Gasteiger partial charge in [-0.25, -0.2) is 0 Å². The van der Waals surface area contributed by atoms with Crippen molar-refractivity contribution >= 4 is 22.6 Å². The van der Waals surface area contributed by atoms with Gasteiger partial charge in [0, 0.05) is 9.84 Å². The first-order chi connectivity index (χ1) is 4.33. The Hall–Kier alpha value is 0.220. The van der Waals surface area contributed by atoms with E-state index < -0.39 is 0 Å². The second kappa shape index (κ2) is 3.40. The van der Waals surface area contributed by atoms with Crippen LogP contribution in [-0.2, 0) is 0 Å². The largest absolute Gasteiger partial charge is 0.198 e. The Bertz CT molecular complexity index is 119. The van der Waals surface area contributed by atoms with Crippen LogP contribution in [0.1, 0.15) is 25.7 Å². The SMILES string of the molecule is N#C[C@H]1CC[C@H](I)CC1. The molecule has 50 valence electrons. The van der Waals surface area contributed by atoms with E-state index in [9.17, 15) is 0 Å². The van der Waals surface area contributed by atoms with Crippen LogP contribution in [0.25, 0.3) is 0 Å². The van der Waals surface area contributed by atoms with Crippen LogP contribution in [0.3, 0.4) is 0 Å². The van der Waals surface area contributed by atoms with E-state index in [1.165, 1.54) is 12.8 Å². The Morgan fingerprint density at radius 3 is 2.22 bits per heavy atom. The highest BCUT2D eigenvalue weighted by Crippen LogP contribution is 2.28. The molecular weight excluding hydrogens is 225 g/mol. The molecule has 1 aliphatic carbocycles. The highest BCUT2D eigenvalue weighted by atomic mass is 127. The molecule has 0 radical (unpaired) electrons. The minimum atomic E-state index is 0.371. The van der Waals surface area contributed by atoms with Crippen LogP contribution in [0.15, 0.2) is 0 Å². The van der Waals surface area contributed by atoms with Crippen molar-refractivity contribution in [2.24, 2.45) is 5.92 Å². The minimum absolute atomic E-state index is 0.371. The van der Waals surface area contributed by atoms with Gasteiger partial charge in [0.25, 0.3) is 0 Å². The molecule has 0 bridgehead atoms. The summed E-state index contributed by atoms with van der Waals surface area (Å²) in [6, 6.07) is 2.32. The first kappa shape index (κ1) is 7.33. The van der Waals surface area contributed by atoms with E-state index in [-0.39, 0.29) is 0 Å². The van der Waals surface area contributed by atoms with E-state index in [1.807, 2.05) is 0 Å². The quantitative estimate of drug-likeness (QED) is 0.467. The lowest BCUT2D eigenvalue weighted by Gasteiger charge is -2.19. The summed E-state index contributed by atoms with van der Waals surface area (Å²) in [5, 5.41) is 8.52. The van der Waals surface area contributed by atoms with Crippen molar-refractivity contribution in [1.29, 1.82) is 5.26 Å². The average Bonchev–Trinajstić information content (AvgIpc) is 1.90. The fourth-order valence-corrected chi connectivity index (χ4v) is 1.90. The van der Waals surface area contributed by atoms with Crippen molar-refractivity contribution in [3.63, 3.8) is 0 Å². The number of nitrogens with zero attached hydrogens (tertiary/aromatic N) is 1. The summed E-state index contributed by atoms with van der Waals surface area (Å²) in [6.07, 6.45) is 4.76. The summed E-state index contributed by atoms with van der Waals surface area (Å²) in [5.74, 6) is 0.371. The Morgan fingerprint density at radius 2 is 1.78 bits per heavy atom. The molecule has 2 heteroatoms. The summed E-state index contributed by atoms with van der Waals surface area (Å²) in [7, 11) is 0. The first-order valence-corrected chi connectivity index (χ1v) is 4.61. The van der Waals surface area contributed by atoms with Gasteiger partial charge in [-0.2, -0.15) is 5.26 Å². The van der Waals surface area contributed by atoms with E-state index in [2.05, 4.69) is 28.7 Å². The van der Waals surface area contributed by atoms with Crippen LogP contribution in [0, 0.1) is 17.2 Å². The van der Waals surface area contributed by atoms with Gasteiger partial charge in [0.1, 0.15) is 0 Å². The molecule has 0 unspecified atom stereocenters. The average molecular weight is 235 g/mol. The molecule has 0 aliphatic heterocycles. The highest BCUT2D eigenvalue weighted by Gasteiger charge is 2.17. The molecule has 1 saturated carbocycles. The van der Waals surface area contributed by atoms with Crippen LogP contribution < -0.4 is 0 Å². The predicted octanol–water partition coefficient (Wildman–Crippen LogP) is 2.50. The van der Waals surface area contributed by atoms with Gasteiger partial charge in [-0.1, -0.05) is 22.6 Å². The molecule has 9 heavy (non-hydrogen) atoms. The Balaban J connectivity index is 2.28. The maximum absolute atomic E-state index is 8.52. The lowest BCUT2D eigenvalue weighted by atomic mass is 9.91. The van der Waals surface area contributed by atoms with Crippen LogP contribution in [-0.4, -0.2) is 3.92 Å². The number of hydrogen-bond acceptors (Lipinski definition) is 1. The van der Waals surface area contributed by atoms with Gasteiger partial charge >= 0.3 is 0 Å². The number of alkyl halides is 1. The van der Waals surface area contributed by atoms with Gasteiger partial charge < -0.3 is 0 Å². The topological polar surface area (TPSA) is 23.8 Å². The van der Waals surface area contributed by atoms with Gasteiger partial charge in [-0.15, -0.1) is 0 Å². The normalized spacial score (nSPS) is 35.6. The monoisotopic (exact) mass is 235 g/mol. The van der Waals surface area contributed by atoms with Crippen molar-refractivity contribution in [3.8, 4) is 6.07 Å². The van der Waals surface area contributed by atoms with Crippen molar-refractivity contribution in [2.45, 2.75) is 29.6 Å². The lowest BCUT2D eigenvalue weighted by molar-refractivity contribution is 0.445. The molecule has 0 saturated heterocycles. The molecule has 0 amide bonds. The molecule has 0 aromatic rings. The smallest absolute Gasteiger partial charge is 0.0655 e. The van der Waals surface area contributed by atoms with Crippen molar-refractivity contribution < 1.29 is 0 Å². The number of nitriles is 1. The first-order valence-electron chi connectivity index (χ1n) is 3.36. The summed E-state index contributed by atoms with van der Waals surface area (Å²) < 4.78 is 0.840. The second-order valence-electron chi connectivity index (χ2n) is 2.58. The molecule has 0 aromatic carbocycles. The molecule has 0 N–H and O–H groups in total. The maximum Gasteiger partial charge on any atom is 0.0655 e. The molecule has 1 fully saturated rings. The van der Waals surface area contributed by atoms with Crippen LogP contribution in [0.5, 0.6) is 0 Å². The number of rotatable bonds is 0. The Kier molecular flexibility index (Phi) is 2.77. The van der Waals surface area contributed by atoms with E-state index in [4.69, 9.17) is 5.26 Å². The minimum Gasteiger partial charge on any atom is -0.198 e. The van der Waals surface area contributed by atoms with Crippen LogP contribution in [0.2, 0.25) is 0 Å². The molecule has 0 heterocycles. The third-order valence-electron chi connectivity index (χ3n) is 1.84. The van der Waals surface area contributed by atoms with Gasteiger partial charge in [0.15, 0.2) is 0 Å². The zero-order chi connectivity index (χ0) is 6.69. The highest BCUT2D eigenvalue weighted by molar-refractivity contribution is 14.1. The van der Waals surface area contributed by atoms with Gasteiger partial charge in [0.2, 0.25) is 0 Å². The predicted molar refractivity (Wildman–Crippen MR) is 45.4 cm³/mol. The lowest BCUT2D eigenvalue weighted by Crippen LogP contribution is -2.11. The zero-order valence-electron chi connectivity index (χ0n) is 5.31. The molecule has 1 rings (SSSR count). The zero-order valence-corrected chi connectivity index (χ0v) is 7.47. The van der Waals surface area contributed by atoms with Crippen LogP contribution >= 0.6 is 22.6 Å². The molecule has 1 aliphatic rings. The van der Waals surface area contributed by atoms with Crippen molar-refractivity contribution in [2.75, 3.05) is 0 Å². The summed E-state index contributed by atoms with van der Waals surface area (Å²) in [4.78, 5) is 0. The van der Waals surface area contributed by atoms with Crippen molar-refractivity contribution in [1.82, 2.24) is 0 Å². The second-order valence-corrected chi connectivity index (χ2v) is 4.34. The summed E-state index contributed by atoms with van der Waals surface area (Å²) in [6.45, 7) is 0. The molecule has 1 nitrogen and oxygen atoms in total. The molecular formula is C7H10IN. The van der Waals surface area contributed by atoms with Gasteiger partial charge in [-0.3, -0.25) is 0 Å². The fraction of sp³-hybridized carbons (Fsp3) is 0.857. The van der Waals surface area contributed by atoms with Crippen molar-refractivity contribution in [3.05, 3.63) is 0 Å². The molecule has 0 spiro atoms. The Labute approximate surface area is 69.6 Å². The van der Waals surface area contributed by atoms with E-state index in [0.29, 0.717) is 5.92 Å². The molecule has 0 aromatic heterocycles. The summed E-state index contributed by atoms with van der Waals surface area (Å²) >= 11 is 2.47. The van der Waals surface area contributed by atoms with E-state index >= 15 is 0 Å². The van der Waals surface area contributed by atoms with Crippen LogP contribution in [0.4, 0.5) is 0 Å². The van der Waals surface area contributed by atoms with E-state index in [1.54, 1.807) is 0 Å².